The minimum absolute atomic E-state index is 0. The van der Waals surface area contributed by atoms with E-state index >= 15 is 0 Å². The molecule has 0 atom stereocenters. The predicted molar refractivity (Wildman–Crippen MR) is 91.0 cm³/mol. The zero-order chi connectivity index (χ0) is 14.7. The molecule has 0 spiro atoms. The summed E-state index contributed by atoms with van der Waals surface area (Å²) in [6, 6.07) is 15.7. The number of halogens is 1. The number of benzene rings is 2. The summed E-state index contributed by atoms with van der Waals surface area (Å²) >= 11 is 0. The van der Waals surface area contributed by atoms with Crippen LogP contribution in [-0.2, 0) is 11.3 Å². The lowest BCUT2D eigenvalue weighted by Gasteiger charge is -2.25. The van der Waals surface area contributed by atoms with Crippen LogP contribution in [0.25, 0.3) is 0 Å². The van der Waals surface area contributed by atoms with E-state index in [1.54, 1.807) is 4.90 Å². The van der Waals surface area contributed by atoms with Crippen LogP contribution in [0.3, 0.4) is 0 Å². The second kappa shape index (κ2) is 7.13. The number of rotatable bonds is 2. The van der Waals surface area contributed by atoms with Crippen LogP contribution < -0.4 is 10.6 Å². The van der Waals surface area contributed by atoms with Crippen molar-refractivity contribution in [2.45, 2.75) is 13.0 Å². The number of fused-ring (bicyclic) bond motifs is 2. The first-order valence-corrected chi connectivity index (χ1v) is 6.99. The van der Waals surface area contributed by atoms with E-state index in [1.165, 1.54) is 0 Å². The van der Waals surface area contributed by atoms with Crippen LogP contribution >= 0.6 is 12.4 Å². The van der Waals surface area contributed by atoms with E-state index in [9.17, 15) is 4.79 Å². The van der Waals surface area contributed by atoms with Crippen molar-refractivity contribution in [1.82, 2.24) is 0 Å². The molecule has 2 aromatic rings. The smallest absolute Gasteiger partial charge is 0.228 e. The highest BCUT2D eigenvalue weighted by Gasteiger charge is 2.20. The van der Waals surface area contributed by atoms with E-state index in [4.69, 9.17) is 5.73 Å². The SMILES string of the molecule is Cl.NCCC(=O)N1Cc2ccccc2C#Cc2ccccc21. The Morgan fingerprint density at radius 1 is 1.05 bits per heavy atom. The second-order valence-corrected chi connectivity index (χ2v) is 4.94. The molecule has 3 nitrogen and oxygen atoms in total. The monoisotopic (exact) mass is 312 g/mol. The zero-order valence-corrected chi connectivity index (χ0v) is 12.9. The van der Waals surface area contributed by atoms with Crippen LogP contribution in [0.4, 0.5) is 5.69 Å². The van der Waals surface area contributed by atoms with E-state index < -0.39 is 0 Å². The van der Waals surface area contributed by atoms with E-state index in [0.29, 0.717) is 19.5 Å². The average molecular weight is 313 g/mol. The summed E-state index contributed by atoms with van der Waals surface area (Å²) in [5.74, 6) is 6.40. The molecule has 2 aromatic carbocycles. The quantitative estimate of drug-likeness (QED) is 0.867. The van der Waals surface area contributed by atoms with Crippen molar-refractivity contribution in [3.63, 3.8) is 0 Å². The van der Waals surface area contributed by atoms with E-state index in [0.717, 1.165) is 22.4 Å². The highest BCUT2D eigenvalue weighted by atomic mass is 35.5. The maximum atomic E-state index is 12.4. The molecule has 0 unspecified atom stereocenters. The summed E-state index contributed by atoms with van der Waals surface area (Å²) in [5.41, 5.74) is 9.31. The van der Waals surface area contributed by atoms with Gasteiger partial charge in [0.1, 0.15) is 0 Å². The van der Waals surface area contributed by atoms with Gasteiger partial charge in [-0.1, -0.05) is 42.2 Å². The molecule has 0 fully saturated rings. The third-order valence-corrected chi connectivity index (χ3v) is 3.53. The lowest BCUT2D eigenvalue weighted by atomic mass is 10.0. The molecule has 0 saturated heterocycles. The Labute approximate surface area is 136 Å². The van der Waals surface area contributed by atoms with E-state index in [2.05, 4.69) is 11.8 Å². The number of anilines is 1. The molecular weight excluding hydrogens is 296 g/mol. The largest absolute Gasteiger partial charge is 0.330 e. The lowest BCUT2D eigenvalue weighted by molar-refractivity contribution is -0.118. The molecule has 3 rings (SSSR count). The van der Waals surface area contributed by atoms with Crippen molar-refractivity contribution in [3.8, 4) is 11.8 Å². The van der Waals surface area contributed by atoms with Crippen molar-refractivity contribution < 1.29 is 4.79 Å². The van der Waals surface area contributed by atoms with Crippen LogP contribution in [0, 0.1) is 11.8 Å². The van der Waals surface area contributed by atoms with Gasteiger partial charge in [-0.25, -0.2) is 0 Å². The number of carbonyl (C=O) groups is 1. The van der Waals surface area contributed by atoms with Gasteiger partial charge < -0.3 is 10.6 Å². The summed E-state index contributed by atoms with van der Waals surface area (Å²) < 4.78 is 0. The van der Waals surface area contributed by atoms with Gasteiger partial charge in [-0.15, -0.1) is 12.4 Å². The molecule has 1 aliphatic rings. The topological polar surface area (TPSA) is 46.3 Å². The number of hydrogen-bond acceptors (Lipinski definition) is 2. The van der Waals surface area contributed by atoms with Gasteiger partial charge >= 0.3 is 0 Å². The number of amides is 1. The molecule has 0 saturated carbocycles. The third-order valence-electron chi connectivity index (χ3n) is 3.53. The first-order chi connectivity index (χ1) is 10.3. The van der Waals surface area contributed by atoms with Crippen molar-refractivity contribution >= 4 is 24.0 Å². The lowest BCUT2D eigenvalue weighted by Crippen LogP contribution is -2.33. The Morgan fingerprint density at radius 3 is 2.45 bits per heavy atom. The fourth-order valence-electron chi connectivity index (χ4n) is 2.47. The van der Waals surface area contributed by atoms with E-state index in [-0.39, 0.29) is 18.3 Å². The first kappa shape index (κ1) is 16.1. The Morgan fingerprint density at radius 2 is 1.68 bits per heavy atom. The molecule has 0 aromatic heterocycles. The van der Waals surface area contributed by atoms with Crippen molar-refractivity contribution in [2.75, 3.05) is 11.4 Å². The molecular formula is C18H17ClN2O. The molecule has 1 aliphatic heterocycles. The van der Waals surface area contributed by atoms with Crippen molar-refractivity contribution in [2.24, 2.45) is 5.73 Å². The average Bonchev–Trinajstić information content (AvgIpc) is 2.50. The molecule has 0 bridgehead atoms. The summed E-state index contributed by atoms with van der Waals surface area (Å²) in [7, 11) is 0. The van der Waals surface area contributed by atoms with Crippen LogP contribution in [0.5, 0.6) is 0 Å². The van der Waals surface area contributed by atoms with Crippen molar-refractivity contribution in [3.05, 3.63) is 65.2 Å². The molecule has 2 N–H and O–H groups in total. The Hall–Kier alpha value is -2.28. The summed E-state index contributed by atoms with van der Waals surface area (Å²) in [6.45, 7) is 0.880. The van der Waals surface area contributed by atoms with Crippen LogP contribution in [0.15, 0.2) is 48.5 Å². The van der Waals surface area contributed by atoms with Gasteiger partial charge in [-0.3, -0.25) is 4.79 Å². The van der Waals surface area contributed by atoms with Gasteiger partial charge in [0, 0.05) is 24.1 Å². The summed E-state index contributed by atoms with van der Waals surface area (Å²) in [6.07, 6.45) is 0.337. The van der Waals surface area contributed by atoms with Gasteiger partial charge in [-0.2, -0.15) is 0 Å². The molecule has 22 heavy (non-hydrogen) atoms. The van der Waals surface area contributed by atoms with Gasteiger partial charge in [0.2, 0.25) is 5.91 Å². The molecule has 1 amide bonds. The van der Waals surface area contributed by atoms with Gasteiger partial charge in [0.25, 0.3) is 0 Å². The molecule has 4 heteroatoms. The predicted octanol–water partition coefficient (Wildman–Crippen LogP) is 2.70. The molecule has 0 radical (unpaired) electrons. The van der Waals surface area contributed by atoms with Crippen LogP contribution in [0.2, 0.25) is 0 Å². The molecule has 1 heterocycles. The van der Waals surface area contributed by atoms with Gasteiger partial charge in [0.05, 0.1) is 12.2 Å². The Bertz CT molecular complexity index is 746. The minimum Gasteiger partial charge on any atom is -0.330 e. The Kier molecular flexibility index (Phi) is 5.21. The highest BCUT2D eigenvalue weighted by molar-refractivity contribution is 5.95. The molecule has 0 aliphatic carbocycles. The first-order valence-electron chi connectivity index (χ1n) is 6.99. The third kappa shape index (κ3) is 3.14. The van der Waals surface area contributed by atoms with Crippen LogP contribution in [-0.4, -0.2) is 12.5 Å². The number of para-hydroxylation sites is 1. The standard InChI is InChI=1S/C18H16N2O.ClH/c19-12-11-18(21)20-13-16-7-2-1-5-14(16)9-10-15-6-3-4-8-17(15)20;/h1-8H,11-13,19H2;1H. The number of carbonyl (C=O) groups excluding carboxylic acids is 1. The van der Waals surface area contributed by atoms with Crippen LogP contribution in [0.1, 0.15) is 23.1 Å². The fraction of sp³-hybridized carbons (Fsp3) is 0.167. The van der Waals surface area contributed by atoms with Gasteiger partial charge in [0.15, 0.2) is 0 Å². The van der Waals surface area contributed by atoms with E-state index in [1.807, 2.05) is 48.5 Å². The summed E-state index contributed by atoms with van der Waals surface area (Å²) in [4.78, 5) is 14.2. The second-order valence-electron chi connectivity index (χ2n) is 4.94. The fourth-order valence-corrected chi connectivity index (χ4v) is 2.47. The normalized spacial score (nSPS) is 11.8. The van der Waals surface area contributed by atoms with Crippen molar-refractivity contribution in [1.29, 1.82) is 0 Å². The maximum absolute atomic E-state index is 12.4. The Balaban J connectivity index is 0.00000176. The number of nitrogens with zero attached hydrogens (tertiary/aromatic N) is 1. The maximum Gasteiger partial charge on any atom is 0.228 e. The summed E-state index contributed by atoms with van der Waals surface area (Å²) in [5, 5.41) is 0. The highest BCUT2D eigenvalue weighted by Crippen LogP contribution is 2.25. The minimum atomic E-state index is 0. The van der Waals surface area contributed by atoms with Gasteiger partial charge in [-0.05, 0) is 23.8 Å². The number of hydrogen-bond donors (Lipinski definition) is 1. The molecule has 112 valence electrons. The zero-order valence-electron chi connectivity index (χ0n) is 12.1. The number of nitrogens with two attached hydrogens (primary N) is 1.